The Morgan fingerprint density at radius 3 is 2.52 bits per heavy atom. The summed E-state index contributed by atoms with van der Waals surface area (Å²) in [6.07, 6.45) is 1.44. The average Bonchev–Trinajstić information content (AvgIpc) is 2.59. The molecule has 1 saturated heterocycles. The van der Waals surface area contributed by atoms with Crippen LogP contribution in [-0.4, -0.2) is 24.0 Å². The van der Waals surface area contributed by atoms with Crippen LogP contribution in [0.15, 0.2) is 46.4 Å². The first kappa shape index (κ1) is 19.5. The summed E-state index contributed by atoms with van der Waals surface area (Å²) in [7, 11) is 1.47. The Morgan fingerprint density at radius 1 is 1.22 bits per heavy atom. The summed E-state index contributed by atoms with van der Waals surface area (Å²) in [4.78, 5) is 26.7. The molecule has 0 aromatic heterocycles. The van der Waals surface area contributed by atoms with E-state index in [0.717, 1.165) is 5.56 Å². The molecule has 0 atom stereocenters. The first-order valence-electron chi connectivity index (χ1n) is 7.83. The van der Waals surface area contributed by atoms with Crippen molar-refractivity contribution in [2.75, 3.05) is 12.0 Å². The number of nitrogens with zero attached hydrogens (tertiary/aromatic N) is 1. The topological polar surface area (TPSA) is 58.6 Å². The molecule has 0 radical (unpaired) electrons. The Morgan fingerprint density at radius 2 is 1.89 bits per heavy atom. The number of hydrogen-bond donors (Lipinski definition) is 1. The highest BCUT2D eigenvalue weighted by Gasteiger charge is 2.34. The lowest BCUT2D eigenvalue weighted by Gasteiger charge is -2.29. The summed E-state index contributed by atoms with van der Waals surface area (Å²) in [6, 6.07) is 10.6. The quantitative estimate of drug-likeness (QED) is 0.418. The summed E-state index contributed by atoms with van der Waals surface area (Å²) in [5.41, 5.74) is 2.03. The molecule has 5 nitrogen and oxygen atoms in total. The molecule has 3 rings (SSSR count). The first-order valence-corrected chi connectivity index (χ1v) is 9.41. The molecule has 1 fully saturated rings. The van der Waals surface area contributed by atoms with Crippen LogP contribution in [0.25, 0.3) is 6.08 Å². The fourth-order valence-corrected chi connectivity index (χ4v) is 3.84. The number of benzene rings is 2. The number of carbonyl (C=O) groups excluding carboxylic acids is 2. The zero-order valence-electron chi connectivity index (χ0n) is 14.4. The minimum absolute atomic E-state index is 0.0326. The molecule has 0 aliphatic carbocycles. The van der Waals surface area contributed by atoms with Crippen LogP contribution >= 0.6 is 39.7 Å². The lowest BCUT2D eigenvalue weighted by Crippen LogP contribution is -2.54. The van der Waals surface area contributed by atoms with Gasteiger partial charge in [-0.15, -0.1) is 0 Å². The standard InChI is InChI=1S/C19H14BrClN2O3S/c1-10-3-5-13(6-4-10)23-18(25)14(17(24)22-19(23)27)8-11-7-12(20)9-15(21)16(11)26-2/h3-9H,1-2H3,(H,22,24,27). The number of amides is 2. The van der Waals surface area contributed by atoms with E-state index < -0.39 is 11.8 Å². The highest BCUT2D eigenvalue weighted by Crippen LogP contribution is 2.34. The van der Waals surface area contributed by atoms with Crippen LogP contribution in [0.4, 0.5) is 5.69 Å². The molecule has 2 amide bonds. The van der Waals surface area contributed by atoms with Crippen molar-refractivity contribution >= 4 is 68.4 Å². The van der Waals surface area contributed by atoms with Crippen LogP contribution in [0.2, 0.25) is 5.02 Å². The van der Waals surface area contributed by atoms with Crippen molar-refractivity contribution in [2.45, 2.75) is 6.92 Å². The fraction of sp³-hybridized carbons (Fsp3) is 0.105. The van der Waals surface area contributed by atoms with Crippen LogP contribution in [0.5, 0.6) is 5.75 Å². The van der Waals surface area contributed by atoms with Gasteiger partial charge in [0.25, 0.3) is 11.8 Å². The molecule has 0 unspecified atom stereocenters. The van der Waals surface area contributed by atoms with Gasteiger partial charge < -0.3 is 4.74 Å². The summed E-state index contributed by atoms with van der Waals surface area (Å²) in [5.74, 6) is -0.736. The molecule has 0 bridgehead atoms. The minimum Gasteiger partial charge on any atom is -0.495 e. The number of methoxy groups -OCH3 is 1. The number of carbonyl (C=O) groups is 2. The van der Waals surface area contributed by atoms with E-state index >= 15 is 0 Å². The predicted molar refractivity (Wildman–Crippen MR) is 113 cm³/mol. The van der Waals surface area contributed by atoms with Gasteiger partial charge in [-0.3, -0.25) is 19.8 Å². The van der Waals surface area contributed by atoms with Gasteiger partial charge in [0.15, 0.2) is 5.11 Å². The van der Waals surface area contributed by atoms with E-state index in [1.807, 2.05) is 19.1 Å². The Hall–Kier alpha value is -2.22. The van der Waals surface area contributed by atoms with Gasteiger partial charge in [-0.25, -0.2) is 0 Å². The summed E-state index contributed by atoms with van der Waals surface area (Å²) < 4.78 is 6.00. The van der Waals surface area contributed by atoms with Crippen LogP contribution in [-0.2, 0) is 9.59 Å². The molecule has 2 aromatic carbocycles. The SMILES string of the molecule is COc1c(Cl)cc(Br)cc1C=C1C(=O)NC(=S)N(c2ccc(C)cc2)C1=O. The Labute approximate surface area is 175 Å². The fourth-order valence-electron chi connectivity index (χ4n) is 2.64. The summed E-state index contributed by atoms with van der Waals surface area (Å²) in [5, 5.41) is 2.94. The number of rotatable bonds is 3. The van der Waals surface area contributed by atoms with Gasteiger partial charge in [-0.2, -0.15) is 0 Å². The summed E-state index contributed by atoms with van der Waals surface area (Å²) >= 11 is 14.7. The van der Waals surface area contributed by atoms with Crippen molar-refractivity contribution in [3.63, 3.8) is 0 Å². The molecule has 1 aliphatic rings. The van der Waals surface area contributed by atoms with Gasteiger partial charge in [0.2, 0.25) is 0 Å². The highest BCUT2D eigenvalue weighted by molar-refractivity contribution is 9.10. The lowest BCUT2D eigenvalue weighted by molar-refractivity contribution is -0.122. The number of halogens is 2. The summed E-state index contributed by atoms with van der Waals surface area (Å²) in [6.45, 7) is 1.94. The third-order valence-electron chi connectivity index (χ3n) is 3.93. The third kappa shape index (κ3) is 3.90. The third-order valence-corrected chi connectivity index (χ3v) is 4.96. The van der Waals surface area contributed by atoms with Gasteiger partial charge in [0, 0.05) is 10.0 Å². The molecular formula is C19H14BrClN2O3S. The molecule has 1 heterocycles. The number of anilines is 1. The van der Waals surface area contributed by atoms with Gasteiger partial charge in [-0.1, -0.05) is 45.2 Å². The second-order valence-corrected chi connectivity index (χ2v) is 7.51. The maximum Gasteiger partial charge on any atom is 0.270 e. The van der Waals surface area contributed by atoms with E-state index in [0.29, 0.717) is 26.5 Å². The molecule has 8 heteroatoms. The minimum atomic E-state index is -0.577. The Kier molecular flexibility index (Phi) is 5.64. The van der Waals surface area contributed by atoms with Crippen molar-refractivity contribution in [3.8, 4) is 5.75 Å². The van der Waals surface area contributed by atoms with E-state index in [1.54, 1.807) is 24.3 Å². The molecular weight excluding hydrogens is 452 g/mol. The van der Waals surface area contributed by atoms with Crippen molar-refractivity contribution < 1.29 is 14.3 Å². The molecule has 1 N–H and O–H groups in total. The molecule has 0 spiro atoms. The van der Waals surface area contributed by atoms with Gasteiger partial charge >= 0.3 is 0 Å². The monoisotopic (exact) mass is 464 g/mol. The number of aryl methyl sites for hydroxylation is 1. The zero-order valence-corrected chi connectivity index (χ0v) is 17.5. The first-order chi connectivity index (χ1) is 12.8. The van der Waals surface area contributed by atoms with E-state index in [1.165, 1.54) is 18.1 Å². The van der Waals surface area contributed by atoms with Crippen molar-refractivity contribution in [1.29, 1.82) is 0 Å². The van der Waals surface area contributed by atoms with Gasteiger partial charge in [0.05, 0.1) is 17.8 Å². The average molecular weight is 466 g/mol. The number of hydrogen-bond acceptors (Lipinski definition) is 4. The van der Waals surface area contributed by atoms with Crippen LogP contribution in [0.3, 0.4) is 0 Å². The lowest BCUT2D eigenvalue weighted by atomic mass is 10.1. The molecule has 0 saturated carbocycles. The van der Waals surface area contributed by atoms with E-state index in [2.05, 4.69) is 21.2 Å². The second kappa shape index (κ2) is 7.80. The van der Waals surface area contributed by atoms with Crippen LogP contribution in [0.1, 0.15) is 11.1 Å². The van der Waals surface area contributed by atoms with Gasteiger partial charge in [-0.05, 0) is 49.5 Å². The van der Waals surface area contributed by atoms with Crippen LogP contribution < -0.4 is 15.0 Å². The Balaban J connectivity index is 2.09. The Bertz CT molecular complexity index is 989. The maximum atomic E-state index is 13.0. The predicted octanol–water partition coefficient (Wildman–Crippen LogP) is 4.25. The highest BCUT2D eigenvalue weighted by atomic mass is 79.9. The second-order valence-electron chi connectivity index (χ2n) is 5.80. The number of ether oxygens (including phenoxy) is 1. The zero-order chi connectivity index (χ0) is 19.7. The molecule has 1 aliphatic heterocycles. The van der Waals surface area contributed by atoms with Gasteiger partial charge in [0.1, 0.15) is 11.3 Å². The van der Waals surface area contributed by atoms with Crippen molar-refractivity contribution in [1.82, 2.24) is 5.32 Å². The largest absolute Gasteiger partial charge is 0.495 e. The van der Waals surface area contributed by atoms with E-state index in [9.17, 15) is 9.59 Å². The van der Waals surface area contributed by atoms with Crippen LogP contribution in [0, 0.1) is 6.92 Å². The molecule has 2 aromatic rings. The van der Waals surface area contributed by atoms with E-state index in [-0.39, 0.29) is 10.7 Å². The van der Waals surface area contributed by atoms with Crippen molar-refractivity contribution in [3.05, 3.63) is 62.6 Å². The number of nitrogens with one attached hydrogen (secondary N) is 1. The number of thiocarbonyl (C=S) groups is 1. The molecule has 138 valence electrons. The van der Waals surface area contributed by atoms with Crippen molar-refractivity contribution in [2.24, 2.45) is 0 Å². The normalized spacial score (nSPS) is 15.9. The smallest absolute Gasteiger partial charge is 0.270 e. The maximum absolute atomic E-state index is 13.0. The molecule has 27 heavy (non-hydrogen) atoms. The van der Waals surface area contributed by atoms with E-state index in [4.69, 9.17) is 28.6 Å².